The summed E-state index contributed by atoms with van der Waals surface area (Å²) in [4.78, 5) is 39.1. The maximum atomic E-state index is 13.7. The van der Waals surface area contributed by atoms with Crippen LogP contribution in [0.15, 0.2) is 29.2 Å². The number of hydrogen-bond acceptors (Lipinski definition) is 6. The number of carbonyl (C=O) groups excluding carboxylic acids is 2. The van der Waals surface area contributed by atoms with Crippen molar-refractivity contribution in [2.24, 2.45) is 5.73 Å². The predicted molar refractivity (Wildman–Crippen MR) is 98.4 cm³/mol. The molecule has 2 unspecified atom stereocenters. The van der Waals surface area contributed by atoms with E-state index >= 15 is 0 Å². The van der Waals surface area contributed by atoms with E-state index in [0.717, 1.165) is 18.3 Å². The SMILES string of the molecule is CC1COC2(N)Cn3cc(C(=O)NCc4ccc(F)cc4F)c(=O)c(O)c3C(=O)N12. The number of fused-ring (bicyclic) bond motifs is 2. The van der Waals surface area contributed by atoms with Gasteiger partial charge in [-0.05, 0) is 13.0 Å². The van der Waals surface area contributed by atoms with Gasteiger partial charge < -0.3 is 19.7 Å². The molecule has 3 heterocycles. The van der Waals surface area contributed by atoms with E-state index in [4.69, 9.17) is 10.5 Å². The summed E-state index contributed by atoms with van der Waals surface area (Å²) in [6.07, 6.45) is 1.10. The second kappa shape index (κ2) is 6.89. The fraction of sp³-hybridized carbons (Fsp3) is 0.316. The second-order valence-electron chi connectivity index (χ2n) is 7.30. The Morgan fingerprint density at radius 1 is 1.40 bits per heavy atom. The number of halogens is 2. The molecule has 1 fully saturated rings. The second-order valence-corrected chi connectivity index (χ2v) is 7.30. The smallest absolute Gasteiger partial charge is 0.278 e. The van der Waals surface area contributed by atoms with Gasteiger partial charge in [-0.25, -0.2) is 8.78 Å². The molecule has 2 aliphatic heterocycles. The molecule has 2 amide bonds. The third-order valence-electron chi connectivity index (χ3n) is 5.20. The average molecular weight is 420 g/mol. The van der Waals surface area contributed by atoms with Crippen molar-refractivity contribution in [1.82, 2.24) is 14.8 Å². The highest BCUT2D eigenvalue weighted by Crippen LogP contribution is 2.33. The van der Waals surface area contributed by atoms with Crippen LogP contribution in [0.2, 0.25) is 0 Å². The van der Waals surface area contributed by atoms with Crippen molar-refractivity contribution < 1.29 is 28.2 Å². The minimum Gasteiger partial charge on any atom is -0.503 e. The summed E-state index contributed by atoms with van der Waals surface area (Å²) in [5.74, 6) is -5.58. The van der Waals surface area contributed by atoms with Crippen LogP contribution in [0, 0.1) is 11.6 Å². The van der Waals surface area contributed by atoms with E-state index in [1.807, 2.05) is 0 Å². The van der Waals surface area contributed by atoms with Crippen molar-refractivity contribution in [3.8, 4) is 5.75 Å². The molecule has 158 valence electrons. The van der Waals surface area contributed by atoms with Crippen LogP contribution in [-0.2, 0) is 17.8 Å². The first-order valence-corrected chi connectivity index (χ1v) is 9.07. The molecule has 2 aliphatic rings. The highest BCUT2D eigenvalue weighted by molar-refractivity contribution is 5.99. The number of amides is 2. The zero-order valence-corrected chi connectivity index (χ0v) is 15.8. The van der Waals surface area contributed by atoms with Crippen LogP contribution in [0.25, 0.3) is 0 Å². The number of nitrogens with two attached hydrogens (primary N) is 1. The first kappa shape index (κ1) is 20.0. The van der Waals surface area contributed by atoms with Gasteiger partial charge in [-0.15, -0.1) is 0 Å². The topological polar surface area (TPSA) is 127 Å². The fourth-order valence-electron chi connectivity index (χ4n) is 3.73. The van der Waals surface area contributed by atoms with E-state index in [1.54, 1.807) is 6.92 Å². The lowest BCUT2D eigenvalue weighted by Crippen LogP contribution is -2.63. The largest absolute Gasteiger partial charge is 0.503 e. The average Bonchev–Trinajstić information content (AvgIpc) is 2.98. The number of ether oxygens (including phenoxy) is 1. The molecule has 0 saturated carbocycles. The normalized spacial score (nSPS) is 22.6. The molecule has 9 nitrogen and oxygen atoms in total. The Morgan fingerprint density at radius 3 is 2.83 bits per heavy atom. The number of nitrogens with one attached hydrogen (secondary N) is 1. The fourth-order valence-corrected chi connectivity index (χ4v) is 3.73. The molecule has 4 rings (SSSR count). The number of pyridine rings is 1. The molecular weight excluding hydrogens is 402 g/mol. The van der Waals surface area contributed by atoms with Crippen LogP contribution in [0.3, 0.4) is 0 Å². The quantitative estimate of drug-likeness (QED) is 0.653. The Morgan fingerprint density at radius 2 is 2.13 bits per heavy atom. The van der Waals surface area contributed by atoms with Gasteiger partial charge in [0.05, 0.1) is 19.2 Å². The van der Waals surface area contributed by atoms with Crippen molar-refractivity contribution in [2.45, 2.75) is 31.9 Å². The molecule has 2 atom stereocenters. The number of aromatic nitrogens is 1. The molecule has 2 aromatic rings. The van der Waals surface area contributed by atoms with E-state index in [0.29, 0.717) is 6.07 Å². The Bertz CT molecular complexity index is 1130. The summed E-state index contributed by atoms with van der Waals surface area (Å²) in [5, 5.41) is 12.7. The number of rotatable bonds is 3. The summed E-state index contributed by atoms with van der Waals surface area (Å²) >= 11 is 0. The first-order valence-electron chi connectivity index (χ1n) is 9.07. The molecule has 1 saturated heterocycles. The number of hydrogen-bond donors (Lipinski definition) is 3. The van der Waals surface area contributed by atoms with Gasteiger partial charge in [0, 0.05) is 24.4 Å². The van der Waals surface area contributed by atoms with Gasteiger partial charge in [-0.1, -0.05) is 6.07 Å². The van der Waals surface area contributed by atoms with Crippen LogP contribution >= 0.6 is 0 Å². The van der Waals surface area contributed by atoms with Gasteiger partial charge >= 0.3 is 0 Å². The molecular formula is C19H18F2N4O5. The van der Waals surface area contributed by atoms with Crippen LogP contribution in [-0.4, -0.2) is 44.9 Å². The van der Waals surface area contributed by atoms with E-state index < -0.39 is 46.0 Å². The molecule has 0 radical (unpaired) electrons. The van der Waals surface area contributed by atoms with Crippen molar-refractivity contribution in [1.29, 1.82) is 0 Å². The van der Waals surface area contributed by atoms with Gasteiger partial charge in [-0.3, -0.25) is 25.0 Å². The van der Waals surface area contributed by atoms with E-state index in [1.165, 1.54) is 9.47 Å². The van der Waals surface area contributed by atoms with Crippen LogP contribution < -0.4 is 16.5 Å². The minimum atomic E-state index is -1.48. The summed E-state index contributed by atoms with van der Waals surface area (Å²) in [7, 11) is 0. The molecule has 4 N–H and O–H groups in total. The van der Waals surface area contributed by atoms with Crippen LogP contribution in [0.1, 0.15) is 33.3 Å². The van der Waals surface area contributed by atoms with E-state index in [-0.39, 0.29) is 37.0 Å². The summed E-state index contributed by atoms with van der Waals surface area (Å²) in [6.45, 7) is 1.46. The van der Waals surface area contributed by atoms with Crippen molar-refractivity contribution in [2.75, 3.05) is 6.61 Å². The van der Waals surface area contributed by atoms with E-state index in [9.17, 15) is 28.3 Å². The summed E-state index contributed by atoms with van der Waals surface area (Å²) < 4.78 is 33.5. The predicted octanol–water partition coefficient (Wildman–Crippen LogP) is 0.249. The van der Waals surface area contributed by atoms with Crippen molar-refractivity contribution in [3.63, 3.8) is 0 Å². The number of nitrogens with zero attached hydrogens (tertiary/aromatic N) is 2. The maximum absolute atomic E-state index is 13.7. The van der Waals surface area contributed by atoms with Gasteiger partial charge in [0.25, 0.3) is 11.8 Å². The standard InChI is InChI=1S/C19H18F2N4O5/c1-9-7-30-19(22)8-24-6-12(15(26)16(27)14(24)18(29)25(9)19)17(28)23-5-10-2-3-11(20)4-13(10)21/h2-4,6,9,27H,5,7-8,22H2,1H3,(H,23,28). The van der Waals surface area contributed by atoms with Gasteiger partial charge in [-0.2, -0.15) is 0 Å². The van der Waals surface area contributed by atoms with Crippen LogP contribution in [0.5, 0.6) is 5.75 Å². The molecule has 11 heteroatoms. The minimum absolute atomic E-state index is 0.00658. The zero-order chi connectivity index (χ0) is 21.8. The van der Waals surface area contributed by atoms with Crippen LogP contribution in [0.4, 0.5) is 8.78 Å². The highest BCUT2D eigenvalue weighted by atomic mass is 19.1. The molecule has 1 aromatic heterocycles. The number of benzene rings is 1. The molecule has 30 heavy (non-hydrogen) atoms. The number of aromatic hydroxyl groups is 1. The Hall–Kier alpha value is -3.31. The van der Waals surface area contributed by atoms with Crippen molar-refractivity contribution >= 4 is 11.8 Å². The lowest BCUT2D eigenvalue weighted by Gasteiger charge is -2.40. The lowest BCUT2D eigenvalue weighted by atomic mass is 10.1. The molecule has 1 aromatic carbocycles. The Kier molecular flexibility index (Phi) is 4.59. The number of carbonyl (C=O) groups is 2. The Labute approximate surface area is 168 Å². The maximum Gasteiger partial charge on any atom is 0.278 e. The third kappa shape index (κ3) is 3.02. The van der Waals surface area contributed by atoms with Gasteiger partial charge in [0.15, 0.2) is 11.4 Å². The zero-order valence-electron chi connectivity index (χ0n) is 15.8. The lowest BCUT2D eigenvalue weighted by molar-refractivity contribution is -0.0850. The third-order valence-corrected chi connectivity index (χ3v) is 5.20. The summed E-state index contributed by atoms with van der Waals surface area (Å²) in [6, 6.07) is 2.50. The monoisotopic (exact) mass is 420 g/mol. The Balaban J connectivity index is 1.65. The first-order chi connectivity index (χ1) is 14.1. The highest BCUT2D eigenvalue weighted by Gasteiger charge is 2.51. The summed E-state index contributed by atoms with van der Waals surface area (Å²) in [5.41, 5.74) is 4.37. The molecule has 0 bridgehead atoms. The van der Waals surface area contributed by atoms with Crippen molar-refractivity contribution in [3.05, 3.63) is 63.1 Å². The molecule has 0 spiro atoms. The van der Waals surface area contributed by atoms with E-state index in [2.05, 4.69) is 5.32 Å². The van der Waals surface area contributed by atoms with Gasteiger partial charge in [0.1, 0.15) is 17.2 Å². The van der Waals surface area contributed by atoms with Gasteiger partial charge in [0.2, 0.25) is 11.3 Å². The molecule has 0 aliphatic carbocycles.